The van der Waals surface area contributed by atoms with Crippen LogP contribution < -0.4 is 5.73 Å². The zero-order valence-corrected chi connectivity index (χ0v) is 10.3. The summed E-state index contributed by atoms with van der Waals surface area (Å²) in [5, 5.41) is 8.31. The van der Waals surface area contributed by atoms with Crippen LogP contribution in [0.1, 0.15) is 37.8 Å². The summed E-state index contributed by atoms with van der Waals surface area (Å²) in [6.45, 7) is 2.48. The Bertz CT molecular complexity index is 320. The third-order valence-corrected chi connectivity index (χ3v) is 3.14. The highest BCUT2D eigenvalue weighted by molar-refractivity contribution is 4.92. The third-order valence-electron chi connectivity index (χ3n) is 3.14. The van der Waals surface area contributed by atoms with Crippen molar-refractivity contribution in [3.8, 4) is 0 Å². The highest BCUT2D eigenvalue weighted by atomic mass is 16.5. The Morgan fingerprint density at radius 1 is 1.41 bits per heavy atom. The van der Waals surface area contributed by atoms with Gasteiger partial charge in [-0.1, -0.05) is 5.21 Å². The molecule has 1 aliphatic rings. The van der Waals surface area contributed by atoms with Crippen molar-refractivity contribution in [3.05, 3.63) is 11.9 Å². The lowest BCUT2D eigenvalue weighted by Crippen LogP contribution is -2.24. The van der Waals surface area contributed by atoms with Gasteiger partial charge in [-0.05, 0) is 45.1 Å². The standard InChI is InChI=1S/C12H22N4O/c13-7-3-1-5-11-9-16(15-14-11)10-12-6-2-4-8-17-12/h9,12H,1-8,10,13H2. The topological polar surface area (TPSA) is 66.0 Å². The molecule has 0 spiro atoms. The maximum atomic E-state index is 5.68. The Morgan fingerprint density at radius 3 is 3.12 bits per heavy atom. The fourth-order valence-corrected chi connectivity index (χ4v) is 2.15. The molecule has 5 nitrogen and oxygen atoms in total. The SMILES string of the molecule is NCCCCc1cn(CC2CCCCO2)nn1. The van der Waals surface area contributed by atoms with Crippen molar-refractivity contribution in [1.82, 2.24) is 15.0 Å². The van der Waals surface area contributed by atoms with Crippen LogP contribution in [0.5, 0.6) is 0 Å². The number of unbranched alkanes of at least 4 members (excludes halogenated alkanes) is 1. The monoisotopic (exact) mass is 238 g/mol. The van der Waals surface area contributed by atoms with E-state index >= 15 is 0 Å². The molecule has 0 bridgehead atoms. The fraction of sp³-hybridized carbons (Fsp3) is 0.833. The molecule has 2 rings (SSSR count). The molecule has 0 aromatic carbocycles. The molecule has 0 aliphatic carbocycles. The molecule has 1 aliphatic heterocycles. The molecule has 1 atom stereocenters. The van der Waals surface area contributed by atoms with Gasteiger partial charge < -0.3 is 10.5 Å². The highest BCUT2D eigenvalue weighted by Gasteiger charge is 2.15. The Hall–Kier alpha value is -0.940. The van der Waals surface area contributed by atoms with Gasteiger partial charge in [-0.25, -0.2) is 4.68 Å². The van der Waals surface area contributed by atoms with Crippen LogP contribution in [-0.2, 0) is 17.7 Å². The molecule has 2 heterocycles. The van der Waals surface area contributed by atoms with Crippen LogP contribution in [0, 0.1) is 0 Å². The lowest BCUT2D eigenvalue weighted by atomic mass is 10.1. The van der Waals surface area contributed by atoms with Gasteiger partial charge in [-0.3, -0.25) is 0 Å². The van der Waals surface area contributed by atoms with Crippen LogP contribution in [0.3, 0.4) is 0 Å². The summed E-state index contributed by atoms with van der Waals surface area (Å²) in [5.41, 5.74) is 6.53. The smallest absolute Gasteiger partial charge is 0.0827 e. The Labute approximate surface area is 102 Å². The maximum Gasteiger partial charge on any atom is 0.0827 e. The Balaban J connectivity index is 1.76. The predicted molar refractivity (Wildman–Crippen MR) is 65.6 cm³/mol. The molecule has 96 valence electrons. The van der Waals surface area contributed by atoms with E-state index in [0.29, 0.717) is 6.10 Å². The van der Waals surface area contributed by atoms with E-state index in [4.69, 9.17) is 10.5 Å². The molecule has 0 saturated carbocycles. The largest absolute Gasteiger partial charge is 0.376 e. The van der Waals surface area contributed by atoms with E-state index in [1.54, 1.807) is 0 Å². The van der Waals surface area contributed by atoms with Crippen LogP contribution >= 0.6 is 0 Å². The molecule has 1 saturated heterocycles. The summed E-state index contributed by atoms with van der Waals surface area (Å²) in [5.74, 6) is 0. The lowest BCUT2D eigenvalue weighted by Gasteiger charge is -2.21. The summed E-state index contributed by atoms with van der Waals surface area (Å²) in [6.07, 6.45) is 9.08. The molecule has 17 heavy (non-hydrogen) atoms. The lowest BCUT2D eigenvalue weighted by molar-refractivity contribution is 0.00370. The maximum absolute atomic E-state index is 5.68. The van der Waals surface area contributed by atoms with Crippen molar-refractivity contribution >= 4 is 0 Å². The number of aryl methyl sites for hydroxylation is 1. The summed E-state index contributed by atoms with van der Waals surface area (Å²) in [6, 6.07) is 0. The Morgan fingerprint density at radius 2 is 2.35 bits per heavy atom. The van der Waals surface area contributed by atoms with Gasteiger partial charge in [0.1, 0.15) is 0 Å². The van der Waals surface area contributed by atoms with Gasteiger partial charge in [0, 0.05) is 12.8 Å². The molecule has 1 fully saturated rings. The van der Waals surface area contributed by atoms with Crippen LogP contribution in [0.2, 0.25) is 0 Å². The number of hydrogen-bond acceptors (Lipinski definition) is 4. The van der Waals surface area contributed by atoms with E-state index in [-0.39, 0.29) is 0 Å². The van der Waals surface area contributed by atoms with Gasteiger partial charge in [0.25, 0.3) is 0 Å². The van der Waals surface area contributed by atoms with Gasteiger partial charge in [-0.15, -0.1) is 5.10 Å². The minimum Gasteiger partial charge on any atom is -0.376 e. The van der Waals surface area contributed by atoms with E-state index < -0.39 is 0 Å². The number of hydrogen-bond donors (Lipinski definition) is 1. The number of rotatable bonds is 6. The van der Waals surface area contributed by atoms with Crippen LogP contribution in [0.15, 0.2) is 6.20 Å². The summed E-state index contributed by atoms with van der Waals surface area (Å²) < 4.78 is 7.60. The highest BCUT2D eigenvalue weighted by Crippen LogP contribution is 2.14. The van der Waals surface area contributed by atoms with Gasteiger partial charge in [0.05, 0.1) is 18.3 Å². The van der Waals surface area contributed by atoms with E-state index in [0.717, 1.165) is 51.1 Å². The second kappa shape index (κ2) is 6.71. The number of nitrogens with zero attached hydrogens (tertiary/aromatic N) is 3. The van der Waals surface area contributed by atoms with Gasteiger partial charge in [-0.2, -0.15) is 0 Å². The van der Waals surface area contributed by atoms with Gasteiger partial charge in [0.2, 0.25) is 0 Å². The van der Waals surface area contributed by atoms with Gasteiger partial charge in [0.15, 0.2) is 0 Å². The zero-order valence-electron chi connectivity index (χ0n) is 10.3. The van der Waals surface area contributed by atoms with Crippen LogP contribution in [-0.4, -0.2) is 34.2 Å². The third kappa shape index (κ3) is 4.09. The first-order valence-corrected chi connectivity index (χ1v) is 6.59. The number of nitrogens with two attached hydrogens (primary N) is 1. The Kier molecular flexibility index (Phi) is 4.94. The number of aromatic nitrogens is 3. The van der Waals surface area contributed by atoms with E-state index in [1.165, 1.54) is 12.8 Å². The first-order chi connectivity index (χ1) is 8.38. The first-order valence-electron chi connectivity index (χ1n) is 6.59. The fourth-order valence-electron chi connectivity index (χ4n) is 2.15. The average molecular weight is 238 g/mol. The molecule has 1 aromatic heterocycles. The van der Waals surface area contributed by atoms with Crippen molar-refractivity contribution in [2.24, 2.45) is 5.73 Å². The summed E-state index contributed by atoms with van der Waals surface area (Å²) in [4.78, 5) is 0. The van der Waals surface area contributed by atoms with Crippen molar-refractivity contribution < 1.29 is 4.74 Å². The van der Waals surface area contributed by atoms with Crippen molar-refractivity contribution in [2.75, 3.05) is 13.2 Å². The van der Waals surface area contributed by atoms with Crippen LogP contribution in [0.4, 0.5) is 0 Å². The second-order valence-electron chi connectivity index (χ2n) is 4.67. The number of ether oxygens (including phenoxy) is 1. The first kappa shape index (κ1) is 12.5. The zero-order chi connectivity index (χ0) is 11.9. The van der Waals surface area contributed by atoms with E-state index in [1.807, 2.05) is 10.9 Å². The van der Waals surface area contributed by atoms with E-state index in [2.05, 4.69) is 10.3 Å². The molecule has 2 N–H and O–H groups in total. The van der Waals surface area contributed by atoms with Crippen molar-refractivity contribution in [1.29, 1.82) is 0 Å². The van der Waals surface area contributed by atoms with E-state index in [9.17, 15) is 0 Å². The molecule has 1 unspecified atom stereocenters. The summed E-state index contributed by atoms with van der Waals surface area (Å²) >= 11 is 0. The normalized spacial score (nSPS) is 20.6. The minimum absolute atomic E-state index is 0.322. The molecular formula is C12H22N4O. The molecule has 5 heteroatoms. The second-order valence-corrected chi connectivity index (χ2v) is 4.67. The molecule has 0 amide bonds. The van der Waals surface area contributed by atoms with Crippen molar-refractivity contribution in [3.63, 3.8) is 0 Å². The quantitative estimate of drug-likeness (QED) is 0.754. The van der Waals surface area contributed by atoms with Gasteiger partial charge >= 0.3 is 0 Å². The average Bonchev–Trinajstić information content (AvgIpc) is 2.79. The predicted octanol–water partition coefficient (Wildman–Crippen LogP) is 1.13. The summed E-state index contributed by atoms with van der Waals surface area (Å²) in [7, 11) is 0. The minimum atomic E-state index is 0.322. The molecule has 1 aromatic rings. The molecular weight excluding hydrogens is 216 g/mol. The van der Waals surface area contributed by atoms with Crippen molar-refractivity contribution in [2.45, 2.75) is 51.2 Å². The molecule has 0 radical (unpaired) electrons. The van der Waals surface area contributed by atoms with Crippen LogP contribution in [0.25, 0.3) is 0 Å².